The topological polar surface area (TPSA) is 67.2 Å². The Hall–Kier alpha value is -3.41. The lowest BCUT2D eigenvalue weighted by Crippen LogP contribution is -2.44. The summed E-state index contributed by atoms with van der Waals surface area (Å²) in [4.78, 5) is 27.7. The second-order valence-electron chi connectivity index (χ2n) is 8.14. The minimum atomic E-state index is -0.624. The zero-order valence-corrected chi connectivity index (χ0v) is 17.8. The van der Waals surface area contributed by atoms with Crippen molar-refractivity contribution in [3.8, 4) is 11.1 Å². The number of carbonyl (C=O) groups excluding carboxylic acids is 2. The standard InChI is InChI=1S/C25H28N4O2/c1-26-24(31)25(13-17-28(19-25)23(30)12-16-29-15-7-14-27-29)18-21-10-5-6-11-22(21)20-8-3-2-4-9-20/h2-11,14-15H,12-13,16-19H2,1H3,(H,26,31)/t25-/m0/s1. The second-order valence-corrected chi connectivity index (χ2v) is 8.14. The summed E-state index contributed by atoms with van der Waals surface area (Å²) < 4.78 is 1.76. The van der Waals surface area contributed by atoms with Gasteiger partial charge in [0, 0.05) is 45.5 Å². The first-order valence-corrected chi connectivity index (χ1v) is 10.7. The van der Waals surface area contributed by atoms with Gasteiger partial charge in [0.25, 0.3) is 0 Å². The molecule has 0 radical (unpaired) electrons. The van der Waals surface area contributed by atoms with Crippen molar-refractivity contribution in [2.24, 2.45) is 5.41 Å². The minimum Gasteiger partial charge on any atom is -0.359 e. The zero-order valence-electron chi connectivity index (χ0n) is 17.8. The number of aryl methyl sites for hydroxylation is 1. The lowest BCUT2D eigenvalue weighted by atomic mass is 9.78. The minimum absolute atomic E-state index is 0.00209. The number of benzene rings is 2. The van der Waals surface area contributed by atoms with Crippen LogP contribution >= 0.6 is 0 Å². The molecule has 2 aromatic carbocycles. The Bertz CT molecular complexity index is 1030. The number of aromatic nitrogens is 2. The fourth-order valence-corrected chi connectivity index (χ4v) is 4.50. The second kappa shape index (κ2) is 9.16. The average Bonchev–Trinajstić information content (AvgIpc) is 3.49. The number of rotatable bonds is 7. The van der Waals surface area contributed by atoms with E-state index in [1.165, 1.54) is 0 Å². The number of hydrogen-bond acceptors (Lipinski definition) is 3. The molecule has 0 saturated carbocycles. The summed E-state index contributed by atoms with van der Waals surface area (Å²) in [6, 6.07) is 20.3. The Labute approximate surface area is 182 Å². The van der Waals surface area contributed by atoms with Gasteiger partial charge in [0.05, 0.1) is 5.41 Å². The highest BCUT2D eigenvalue weighted by atomic mass is 16.2. The number of nitrogens with one attached hydrogen (secondary N) is 1. The van der Waals surface area contributed by atoms with Crippen LogP contribution in [0.5, 0.6) is 0 Å². The van der Waals surface area contributed by atoms with Crippen LogP contribution in [0.25, 0.3) is 11.1 Å². The van der Waals surface area contributed by atoms with Gasteiger partial charge in [0.1, 0.15) is 0 Å². The van der Waals surface area contributed by atoms with E-state index in [1.54, 1.807) is 17.9 Å². The van der Waals surface area contributed by atoms with Gasteiger partial charge in [-0.3, -0.25) is 14.3 Å². The average molecular weight is 417 g/mol. The molecular weight excluding hydrogens is 388 g/mol. The monoisotopic (exact) mass is 416 g/mol. The van der Waals surface area contributed by atoms with E-state index >= 15 is 0 Å². The largest absolute Gasteiger partial charge is 0.359 e. The third-order valence-corrected chi connectivity index (χ3v) is 6.16. The van der Waals surface area contributed by atoms with Crippen LogP contribution < -0.4 is 5.32 Å². The predicted molar refractivity (Wildman–Crippen MR) is 120 cm³/mol. The smallest absolute Gasteiger partial charge is 0.228 e. The Morgan fingerprint density at radius 3 is 2.58 bits per heavy atom. The van der Waals surface area contributed by atoms with Crippen molar-refractivity contribution in [3.05, 3.63) is 78.6 Å². The number of amides is 2. The summed E-state index contributed by atoms with van der Waals surface area (Å²) in [5.74, 6) is 0.0652. The fourth-order valence-electron chi connectivity index (χ4n) is 4.50. The van der Waals surface area contributed by atoms with E-state index in [0.29, 0.717) is 38.9 Å². The molecule has 2 heterocycles. The van der Waals surface area contributed by atoms with Gasteiger partial charge < -0.3 is 10.2 Å². The molecule has 0 aliphatic carbocycles. The summed E-state index contributed by atoms with van der Waals surface area (Å²) in [7, 11) is 1.68. The Balaban J connectivity index is 1.54. The molecule has 3 aromatic rings. The van der Waals surface area contributed by atoms with Gasteiger partial charge in [-0.25, -0.2) is 0 Å². The molecule has 2 amide bonds. The molecule has 1 aliphatic heterocycles. The quantitative estimate of drug-likeness (QED) is 0.643. The first kappa shape index (κ1) is 20.8. The Kier molecular flexibility index (Phi) is 6.16. The summed E-state index contributed by atoms with van der Waals surface area (Å²) in [5.41, 5.74) is 2.77. The van der Waals surface area contributed by atoms with Crippen molar-refractivity contribution in [2.45, 2.75) is 25.8 Å². The summed E-state index contributed by atoms with van der Waals surface area (Å²) in [6.45, 7) is 1.58. The van der Waals surface area contributed by atoms with E-state index in [9.17, 15) is 9.59 Å². The van der Waals surface area contributed by atoms with Gasteiger partial charge in [-0.2, -0.15) is 5.10 Å². The van der Waals surface area contributed by atoms with Crippen LogP contribution in [0.1, 0.15) is 18.4 Å². The van der Waals surface area contributed by atoms with Crippen LogP contribution in [0, 0.1) is 5.41 Å². The van der Waals surface area contributed by atoms with E-state index in [0.717, 1.165) is 16.7 Å². The van der Waals surface area contributed by atoms with Crippen molar-refractivity contribution in [1.29, 1.82) is 0 Å². The molecule has 160 valence electrons. The molecule has 6 heteroatoms. The fraction of sp³-hybridized carbons (Fsp3) is 0.320. The van der Waals surface area contributed by atoms with Crippen LogP contribution in [0.4, 0.5) is 0 Å². The number of likely N-dealkylation sites (tertiary alicyclic amines) is 1. The molecule has 1 saturated heterocycles. The van der Waals surface area contributed by atoms with E-state index in [4.69, 9.17) is 0 Å². The zero-order chi connectivity index (χ0) is 21.7. The number of carbonyl (C=O) groups is 2. The van der Waals surface area contributed by atoms with E-state index in [1.807, 2.05) is 47.5 Å². The predicted octanol–water partition coefficient (Wildman–Crippen LogP) is 3.15. The lowest BCUT2D eigenvalue weighted by molar-refractivity contribution is -0.133. The van der Waals surface area contributed by atoms with Gasteiger partial charge in [0.2, 0.25) is 11.8 Å². The first-order valence-electron chi connectivity index (χ1n) is 10.7. The number of nitrogens with zero attached hydrogens (tertiary/aromatic N) is 3. The highest BCUT2D eigenvalue weighted by Crippen LogP contribution is 2.37. The molecule has 1 aliphatic rings. The highest BCUT2D eigenvalue weighted by Gasteiger charge is 2.45. The molecule has 1 aromatic heterocycles. The van der Waals surface area contributed by atoms with E-state index < -0.39 is 5.41 Å². The van der Waals surface area contributed by atoms with E-state index in [2.05, 4.69) is 34.7 Å². The molecule has 6 nitrogen and oxygen atoms in total. The first-order chi connectivity index (χ1) is 15.1. The van der Waals surface area contributed by atoms with Crippen molar-refractivity contribution in [3.63, 3.8) is 0 Å². The molecule has 31 heavy (non-hydrogen) atoms. The number of hydrogen-bond donors (Lipinski definition) is 1. The third kappa shape index (κ3) is 4.53. The van der Waals surface area contributed by atoms with Crippen LogP contribution in [0.2, 0.25) is 0 Å². The maximum atomic E-state index is 13.0. The van der Waals surface area contributed by atoms with Crippen molar-refractivity contribution < 1.29 is 9.59 Å². The van der Waals surface area contributed by atoms with Crippen molar-refractivity contribution >= 4 is 11.8 Å². The van der Waals surface area contributed by atoms with E-state index in [-0.39, 0.29) is 11.8 Å². The van der Waals surface area contributed by atoms with Gasteiger partial charge in [-0.05, 0) is 35.6 Å². The Morgan fingerprint density at radius 2 is 1.84 bits per heavy atom. The van der Waals surface area contributed by atoms with Crippen molar-refractivity contribution in [1.82, 2.24) is 20.0 Å². The highest BCUT2D eigenvalue weighted by molar-refractivity contribution is 5.86. The Morgan fingerprint density at radius 1 is 1.06 bits per heavy atom. The third-order valence-electron chi connectivity index (χ3n) is 6.16. The molecule has 4 rings (SSSR count). The van der Waals surface area contributed by atoms with Crippen LogP contribution in [0.15, 0.2) is 73.1 Å². The summed E-state index contributed by atoms with van der Waals surface area (Å²) in [6.07, 6.45) is 5.20. The molecule has 0 spiro atoms. The maximum Gasteiger partial charge on any atom is 0.228 e. The van der Waals surface area contributed by atoms with Crippen molar-refractivity contribution in [2.75, 3.05) is 20.1 Å². The molecule has 0 unspecified atom stereocenters. The van der Waals surface area contributed by atoms with Gasteiger partial charge in [-0.1, -0.05) is 54.6 Å². The SMILES string of the molecule is CNC(=O)[C@]1(Cc2ccccc2-c2ccccc2)CCN(C(=O)CCn2cccn2)C1. The lowest BCUT2D eigenvalue weighted by Gasteiger charge is -2.28. The molecule has 1 fully saturated rings. The molecule has 0 bridgehead atoms. The van der Waals surface area contributed by atoms with Gasteiger partial charge in [0.15, 0.2) is 0 Å². The van der Waals surface area contributed by atoms with Crippen LogP contribution in [-0.2, 0) is 22.6 Å². The maximum absolute atomic E-state index is 13.0. The molecule has 1 N–H and O–H groups in total. The normalized spacial score (nSPS) is 18.2. The summed E-state index contributed by atoms with van der Waals surface area (Å²) >= 11 is 0. The molecule has 1 atom stereocenters. The summed E-state index contributed by atoms with van der Waals surface area (Å²) in [5, 5.41) is 7.01. The van der Waals surface area contributed by atoms with Crippen LogP contribution in [-0.4, -0.2) is 46.6 Å². The van der Waals surface area contributed by atoms with Gasteiger partial charge in [-0.15, -0.1) is 0 Å². The van der Waals surface area contributed by atoms with Gasteiger partial charge >= 0.3 is 0 Å². The molecular formula is C25H28N4O2. The van der Waals surface area contributed by atoms with Crippen LogP contribution in [0.3, 0.4) is 0 Å².